The zero-order valence-electron chi connectivity index (χ0n) is 17.7. The number of ether oxygens (including phenoxy) is 3. The van der Waals surface area contributed by atoms with Gasteiger partial charge in [0, 0.05) is 31.9 Å². The Labute approximate surface area is 181 Å². The molecule has 0 saturated carbocycles. The number of hydrogen-bond donors (Lipinski definition) is 1. The predicted molar refractivity (Wildman–Crippen MR) is 116 cm³/mol. The number of hydrogen-bond acceptors (Lipinski definition) is 6. The Kier molecular flexibility index (Phi) is 6.16. The van der Waals surface area contributed by atoms with Crippen LogP contribution in [0.25, 0.3) is 0 Å². The fourth-order valence-electron chi connectivity index (χ4n) is 3.77. The summed E-state index contributed by atoms with van der Waals surface area (Å²) in [5, 5.41) is 2.77. The van der Waals surface area contributed by atoms with Crippen molar-refractivity contribution in [2.45, 2.75) is 19.1 Å². The molecule has 2 aliphatic rings. The van der Waals surface area contributed by atoms with Gasteiger partial charge in [-0.3, -0.25) is 9.59 Å². The molecule has 0 bridgehead atoms. The lowest BCUT2D eigenvalue weighted by molar-refractivity contribution is -0.139. The molecule has 0 radical (unpaired) electrons. The van der Waals surface area contributed by atoms with Crippen molar-refractivity contribution in [2.24, 2.45) is 0 Å². The molecule has 0 spiro atoms. The number of carbonyl (C=O) groups is 2. The average molecular weight is 425 g/mol. The van der Waals surface area contributed by atoms with Crippen LogP contribution in [0.1, 0.15) is 6.92 Å². The summed E-state index contributed by atoms with van der Waals surface area (Å²) in [4.78, 5) is 29.5. The van der Waals surface area contributed by atoms with Crippen LogP contribution in [-0.2, 0) is 9.59 Å². The van der Waals surface area contributed by atoms with Gasteiger partial charge < -0.3 is 29.3 Å². The molecule has 2 aromatic carbocycles. The summed E-state index contributed by atoms with van der Waals surface area (Å²) in [6, 6.07) is 14.5. The zero-order valence-corrected chi connectivity index (χ0v) is 17.7. The molecular weight excluding hydrogens is 398 g/mol. The number of methoxy groups -OCH3 is 1. The Morgan fingerprint density at radius 3 is 2.39 bits per heavy atom. The van der Waals surface area contributed by atoms with Crippen LogP contribution in [-0.4, -0.2) is 68.8 Å². The second kappa shape index (κ2) is 9.16. The largest absolute Gasteiger partial charge is 0.497 e. The van der Waals surface area contributed by atoms with Crippen LogP contribution >= 0.6 is 0 Å². The molecule has 2 atom stereocenters. The van der Waals surface area contributed by atoms with Crippen molar-refractivity contribution in [3.05, 3.63) is 48.5 Å². The lowest BCUT2D eigenvalue weighted by Crippen LogP contribution is -2.56. The summed E-state index contributed by atoms with van der Waals surface area (Å²) in [6.07, 6.45) is -0.780. The quantitative estimate of drug-likeness (QED) is 0.785. The number of fused-ring (bicyclic) bond motifs is 1. The standard InChI is InChI=1S/C23H27N3O5/c1-16(24-22(27)21-15-30-19-5-3-4-6-20(19)31-21)23(28)26-13-11-25(12-14-26)17-7-9-18(29-2)10-8-17/h3-10,16,21H,11-15H2,1-2H3,(H,24,27). The molecule has 1 N–H and O–H groups in total. The van der Waals surface area contributed by atoms with E-state index in [-0.39, 0.29) is 18.4 Å². The van der Waals surface area contributed by atoms with Gasteiger partial charge in [-0.15, -0.1) is 0 Å². The minimum atomic E-state index is -0.780. The van der Waals surface area contributed by atoms with E-state index in [1.807, 2.05) is 36.4 Å². The monoisotopic (exact) mass is 425 g/mol. The van der Waals surface area contributed by atoms with E-state index in [2.05, 4.69) is 10.2 Å². The van der Waals surface area contributed by atoms with Crippen LogP contribution in [0.2, 0.25) is 0 Å². The van der Waals surface area contributed by atoms with Crippen LogP contribution in [0, 0.1) is 0 Å². The Bertz CT molecular complexity index is 925. The van der Waals surface area contributed by atoms with Crippen molar-refractivity contribution >= 4 is 17.5 Å². The summed E-state index contributed by atoms with van der Waals surface area (Å²) in [7, 11) is 1.64. The van der Waals surface area contributed by atoms with Gasteiger partial charge in [0.25, 0.3) is 5.91 Å². The molecule has 0 aliphatic carbocycles. The smallest absolute Gasteiger partial charge is 0.265 e. The van der Waals surface area contributed by atoms with E-state index in [0.717, 1.165) is 24.5 Å². The van der Waals surface area contributed by atoms with Gasteiger partial charge in [-0.25, -0.2) is 0 Å². The maximum absolute atomic E-state index is 12.8. The summed E-state index contributed by atoms with van der Waals surface area (Å²) in [6.45, 7) is 4.48. The van der Waals surface area contributed by atoms with Crippen LogP contribution in [0.15, 0.2) is 48.5 Å². The Morgan fingerprint density at radius 1 is 1.03 bits per heavy atom. The molecule has 164 valence electrons. The second-order valence-corrected chi connectivity index (χ2v) is 7.60. The SMILES string of the molecule is COc1ccc(N2CCN(C(=O)C(C)NC(=O)C3COc4ccccc4O3)CC2)cc1. The van der Waals surface area contributed by atoms with E-state index in [1.54, 1.807) is 31.1 Å². The molecule has 2 unspecified atom stereocenters. The number of amides is 2. The van der Waals surface area contributed by atoms with Crippen molar-refractivity contribution in [2.75, 3.05) is 44.8 Å². The summed E-state index contributed by atoms with van der Waals surface area (Å²) in [5.41, 5.74) is 1.10. The molecular formula is C23H27N3O5. The fourth-order valence-corrected chi connectivity index (χ4v) is 3.77. The summed E-state index contributed by atoms with van der Waals surface area (Å²) >= 11 is 0. The normalized spacial score (nSPS) is 18.8. The van der Waals surface area contributed by atoms with Gasteiger partial charge in [0.2, 0.25) is 12.0 Å². The van der Waals surface area contributed by atoms with Crippen molar-refractivity contribution in [1.82, 2.24) is 10.2 Å². The van der Waals surface area contributed by atoms with Gasteiger partial charge in [0.05, 0.1) is 7.11 Å². The first kappa shape index (κ1) is 20.8. The number of nitrogens with zero attached hydrogens (tertiary/aromatic N) is 2. The first-order valence-corrected chi connectivity index (χ1v) is 10.4. The Hall–Kier alpha value is -3.42. The first-order chi connectivity index (χ1) is 15.0. The Balaban J connectivity index is 1.27. The van der Waals surface area contributed by atoms with E-state index >= 15 is 0 Å². The molecule has 1 saturated heterocycles. The van der Waals surface area contributed by atoms with Crippen LogP contribution in [0.4, 0.5) is 5.69 Å². The van der Waals surface area contributed by atoms with Gasteiger partial charge in [0.15, 0.2) is 11.5 Å². The van der Waals surface area contributed by atoms with Gasteiger partial charge in [-0.05, 0) is 43.3 Å². The van der Waals surface area contributed by atoms with Crippen molar-refractivity contribution in [3.8, 4) is 17.2 Å². The van der Waals surface area contributed by atoms with Gasteiger partial charge >= 0.3 is 0 Å². The van der Waals surface area contributed by atoms with Crippen LogP contribution in [0.5, 0.6) is 17.2 Å². The van der Waals surface area contributed by atoms with Crippen molar-refractivity contribution in [3.63, 3.8) is 0 Å². The van der Waals surface area contributed by atoms with E-state index < -0.39 is 12.1 Å². The predicted octanol–water partition coefficient (Wildman–Crippen LogP) is 1.69. The third-order valence-electron chi connectivity index (χ3n) is 5.56. The average Bonchev–Trinajstić information content (AvgIpc) is 2.83. The van der Waals surface area contributed by atoms with Gasteiger partial charge in [0.1, 0.15) is 18.4 Å². The molecule has 2 heterocycles. The molecule has 2 amide bonds. The van der Waals surface area contributed by atoms with Crippen molar-refractivity contribution in [1.29, 1.82) is 0 Å². The highest BCUT2D eigenvalue weighted by Gasteiger charge is 2.31. The highest BCUT2D eigenvalue weighted by molar-refractivity contribution is 5.89. The lowest BCUT2D eigenvalue weighted by atomic mass is 10.2. The van der Waals surface area contributed by atoms with E-state index in [1.165, 1.54) is 0 Å². The van der Waals surface area contributed by atoms with Crippen molar-refractivity contribution < 1.29 is 23.8 Å². The van der Waals surface area contributed by atoms with Crippen LogP contribution < -0.4 is 24.4 Å². The minimum absolute atomic E-state index is 0.0974. The van der Waals surface area contributed by atoms with E-state index in [0.29, 0.717) is 24.6 Å². The topological polar surface area (TPSA) is 80.3 Å². The third-order valence-corrected chi connectivity index (χ3v) is 5.56. The van der Waals surface area contributed by atoms with Gasteiger partial charge in [-0.2, -0.15) is 0 Å². The number of nitrogens with one attached hydrogen (secondary N) is 1. The molecule has 8 heteroatoms. The Morgan fingerprint density at radius 2 is 1.71 bits per heavy atom. The molecule has 8 nitrogen and oxygen atoms in total. The van der Waals surface area contributed by atoms with E-state index in [9.17, 15) is 9.59 Å². The number of piperazine rings is 1. The summed E-state index contributed by atoms with van der Waals surface area (Å²) < 4.78 is 16.5. The highest BCUT2D eigenvalue weighted by Crippen LogP contribution is 2.30. The number of carbonyl (C=O) groups excluding carboxylic acids is 2. The van der Waals surface area contributed by atoms with Crippen LogP contribution in [0.3, 0.4) is 0 Å². The maximum atomic E-state index is 12.8. The molecule has 1 fully saturated rings. The molecule has 4 rings (SSSR count). The summed E-state index contributed by atoms with van der Waals surface area (Å²) in [5.74, 6) is 1.51. The second-order valence-electron chi connectivity index (χ2n) is 7.60. The molecule has 2 aliphatic heterocycles. The maximum Gasteiger partial charge on any atom is 0.265 e. The molecule has 0 aromatic heterocycles. The lowest BCUT2D eigenvalue weighted by Gasteiger charge is -2.37. The number of benzene rings is 2. The third kappa shape index (κ3) is 4.68. The number of para-hydroxylation sites is 2. The zero-order chi connectivity index (χ0) is 21.8. The molecule has 31 heavy (non-hydrogen) atoms. The number of rotatable bonds is 5. The highest BCUT2D eigenvalue weighted by atomic mass is 16.6. The van der Waals surface area contributed by atoms with Gasteiger partial charge in [-0.1, -0.05) is 12.1 Å². The minimum Gasteiger partial charge on any atom is -0.497 e. The first-order valence-electron chi connectivity index (χ1n) is 10.4. The fraction of sp³-hybridized carbons (Fsp3) is 0.391. The number of anilines is 1. The molecule has 2 aromatic rings. The van der Waals surface area contributed by atoms with E-state index in [4.69, 9.17) is 14.2 Å².